The molecule has 0 aromatic carbocycles. The monoisotopic (exact) mass is 446 g/mol. The lowest BCUT2D eigenvalue weighted by Gasteiger charge is -2.37. The van der Waals surface area contributed by atoms with Crippen molar-refractivity contribution in [2.75, 3.05) is 19.6 Å². The van der Waals surface area contributed by atoms with Crippen molar-refractivity contribution in [3.63, 3.8) is 0 Å². The fraction of sp³-hybridized carbons (Fsp3) is 0.591. The van der Waals surface area contributed by atoms with Crippen LogP contribution in [0.1, 0.15) is 61.6 Å². The SMILES string of the molecule is Cc1noc(C)c1S(=O)(=O)N1CCCC(C(=O)N2CCCCCC2c2ccncc2)C1. The second-order valence-electron chi connectivity index (χ2n) is 8.53. The van der Waals surface area contributed by atoms with Gasteiger partial charge in [0.1, 0.15) is 10.6 Å². The molecule has 2 atom stereocenters. The molecule has 2 saturated heterocycles. The van der Waals surface area contributed by atoms with Crippen LogP contribution in [-0.2, 0) is 14.8 Å². The molecule has 2 aromatic heterocycles. The first kappa shape index (κ1) is 22.0. The Morgan fingerprint density at radius 3 is 2.55 bits per heavy atom. The Balaban J connectivity index is 1.56. The van der Waals surface area contributed by atoms with Crippen molar-refractivity contribution < 1.29 is 17.7 Å². The van der Waals surface area contributed by atoms with Crippen molar-refractivity contribution in [2.24, 2.45) is 5.92 Å². The molecule has 1 amide bonds. The van der Waals surface area contributed by atoms with Gasteiger partial charge in [-0.2, -0.15) is 4.31 Å². The van der Waals surface area contributed by atoms with E-state index in [1.54, 1.807) is 26.2 Å². The van der Waals surface area contributed by atoms with Gasteiger partial charge in [-0.15, -0.1) is 0 Å². The molecule has 2 aromatic rings. The first-order valence-corrected chi connectivity index (χ1v) is 12.5. The average molecular weight is 447 g/mol. The van der Waals surface area contributed by atoms with Crippen molar-refractivity contribution in [1.82, 2.24) is 19.3 Å². The van der Waals surface area contributed by atoms with Crippen molar-refractivity contribution in [3.05, 3.63) is 41.5 Å². The molecule has 0 aliphatic carbocycles. The number of likely N-dealkylation sites (tertiary alicyclic amines) is 1. The van der Waals surface area contributed by atoms with Crippen LogP contribution in [0, 0.1) is 19.8 Å². The minimum Gasteiger partial charge on any atom is -0.360 e. The Morgan fingerprint density at radius 1 is 1.06 bits per heavy atom. The minimum absolute atomic E-state index is 0.0209. The van der Waals surface area contributed by atoms with E-state index in [0.29, 0.717) is 31.6 Å². The van der Waals surface area contributed by atoms with Gasteiger partial charge >= 0.3 is 0 Å². The predicted molar refractivity (Wildman–Crippen MR) is 115 cm³/mol. The summed E-state index contributed by atoms with van der Waals surface area (Å²) in [6, 6.07) is 3.98. The quantitative estimate of drug-likeness (QED) is 0.715. The third kappa shape index (κ3) is 4.39. The van der Waals surface area contributed by atoms with Gasteiger partial charge in [0.15, 0.2) is 5.76 Å². The van der Waals surface area contributed by atoms with Crippen LogP contribution in [-0.4, -0.2) is 53.3 Å². The van der Waals surface area contributed by atoms with E-state index in [0.717, 1.165) is 31.2 Å². The van der Waals surface area contributed by atoms with E-state index in [1.807, 2.05) is 17.0 Å². The predicted octanol–water partition coefficient (Wildman–Crippen LogP) is 3.23. The first-order valence-electron chi connectivity index (χ1n) is 11.0. The smallest absolute Gasteiger partial charge is 0.248 e. The number of hydrogen-bond acceptors (Lipinski definition) is 6. The number of carbonyl (C=O) groups is 1. The number of aryl methyl sites for hydroxylation is 2. The van der Waals surface area contributed by atoms with Crippen molar-refractivity contribution in [2.45, 2.75) is 63.3 Å². The molecule has 8 nitrogen and oxygen atoms in total. The third-order valence-electron chi connectivity index (χ3n) is 6.43. The largest absolute Gasteiger partial charge is 0.360 e. The van der Waals surface area contributed by atoms with Crippen LogP contribution in [0.5, 0.6) is 0 Å². The summed E-state index contributed by atoms with van der Waals surface area (Å²) in [7, 11) is -3.75. The Morgan fingerprint density at radius 2 is 1.84 bits per heavy atom. The van der Waals surface area contributed by atoms with Gasteiger partial charge in [0.25, 0.3) is 0 Å². The molecule has 31 heavy (non-hydrogen) atoms. The van der Waals surface area contributed by atoms with Crippen LogP contribution in [0.4, 0.5) is 0 Å². The molecule has 2 aliphatic rings. The molecule has 0 spiro atoms. The molecule has 0 bridgehead atoms. The van der Waals surface area contributed by atoms with Crippen LogP contribution in [0.2, 0.25) is 0 Å². The van der Waals surface area contributed by atoms with Crippen molar-refractivity contribution >= 4 is 15.9 Å². The van der Waals surface area contributed by atoms with Gasteiger partial charge in [-0.3, -0.25) is 9.78 Å². The molecule has 2 aliphatic heterocycles. The summed E-state index contributed by atoms with van der Waals surface area (Å²) in [6.07, 6.45) is 8.96. The lowest BCUT2D eigenvalue weighted by atomic mass is 9.95. The lowest BCUT2D eigenvalue weighted by Crippen LogP contribution is -2.47. The molecular weight excluding hydrogens is 416 g/mol. The Bertz CT molecular complexity index is 1000. The Hall–Kier alpha value is -2.26. The van der Waals surface area contributed by atoms with Crippen molar-refractivity contribution in [3.8, 4) is 0 Å². The number of hydrogen-bond donors (Lipinski definition) is 0. The summed E-state index contributed by atoms with van der Waals surface area (Å²) in [5.41, 5.74) is 1.46. The van der Waals surface area contributed by atoms with Gasteiger partial charge in [-0.05, 0) is 57.2 Å². The highest BCUT2D eigenvalue weighted by atomic mass is 32.2. The van der Waals surface area contributed by atoms with Crippen LogP contribution in [0.25, 0.3) is 0 Å². The normalized spacial score (nSPS) is 23.5. The molecule has 4 heterocycles. The highest BCUT2D eigenvalue weighted by molar-refractivity contribution is 7.89. The van der Waals surface area contributed by atoms with E-state index < -0.39 is 10.0 Å². The summed E-state index contributed by atoms with van der Waals surface area (Å²) in [5, 5.41) is 3.80. The fourth-order valence-corrected chi connectivity index (χ4v) is 6.69. The number of sulfonamides is 1. The summed E-state index contributed by atoms with van der Waals surface area (Å²) in [5.74, 6) is 0.00466. The molecule has 2 unspecified atom stereocenters. The third-order valence-corrected chi connectivity index (χ3v) is 8.54. The number of rotatable bonds is 4. The van der Waals surface area contributed by atoms with E-state index in [4.69, 9.17) is 4.52 Å². The van der Waals surface area contributed by atoms with Crippen LogP contribution in [0.15, 0.2) is 33.9 Å². The number of carbonyl (C=O) groups excluding carboxylic acids is 1. The van der Waals surface area contributed by atoms with Gasteiger partial charge in [0.05, 0.1) is 12.0 Å². The minimum atomic E-state index is -3.75. The molecule has 2 fully saturated rings. The summed E-state index contributed by atoms with van der Waals surface area (Å²) in [4.78, 5) is 19.9. The van der Waals surface area contributed by atoms with Gasteiger partial charge in [0, 0.05) is 32.0 Å². The van der Waals surface area contributed by atoms with Gasteiger partial charge in [-0.1, -0.05) is 18.0 Å². The summed E-state index contributed by atoms with van der Waals surface area (Å²) in [6.45, 7) is 4.55. The number of aromatic nitrogens is 2. The summed E-state index contributed by atoms with van der Waals surface area (Å²) < 4.78 is 33.1. The zero-order valence-electron chi connectivity index (χ0n) is 18.2. The second-order valence-corrected chi connectivity index (χ2v) is 10.4. The van der Waals surface area contributed by atoms with Crippen molar-refractivity contribution in [1.29, 1.82) is 0 Å². The fourth-order valence-electron chi connectivity index (χ4n) is 4.87. The zero-order chi connectivity index (χ0) is 22.0. The molecular formula is C22H30N4O4S. The highest BCUT2D eigenvalue weighted by Crippen LogP contribution is 2.34. The van der Waals surface area contributed by atoms with E-state index in [-0.39, 0.29) is 35.1 Å². The van der Waals surface area contributed by atoms with Crippen LogP contribution < -0.4 is 0 Å². The first-order chi connectivity index (χ1) is 14.9. The number of amides is 1. The number of piperidine rings is 1. The number of pyridine rings is 1. The molecule has 0 saturated carbocycles. The highest BCUT2D eigenvalue weighted by Gasteiger charge is 2.39. The van der Waals surface area contributed by atoms with E-state index in [1.165, 1.54) is 4.31 Å². The van der Waals surface area contributed by atoms with Gasteiger partial charge in [-0.25, -0.2) is 8.42 Å². The maximum atomic E-state index is 13.6. The lowest BCUT2D eigenvalue weighted by molar-refractivity contribution is -0.139. The maximum Gasteiger partial charge on any atom is 0.248 e. The zero-order valence-corrected chi connectivity index (χ0v) is 19.0. The standard InChI is InChI=1S/C22H30N4O4S/c1-16-21(17(2)30-24-16)31(28,29)25-13-6-7-19(15-25)22(27)26-14-5-3-4-8-20(26)18-9-11-23-12-10-18/h9-12,19-20H,3-8,13-15H2,1-2H3. The molecule has 0 radical (unpaired) electrons. The van der Waals surface area contributed by atoms with Crippen LogP contribution >= 0.6 is 0 Å². The molecule has 9 heteroatoms. The Kier molecular flexibility index (Phi) is 6.43. The summed E-state index contributed by atoms with van der Waals surface area (Å²) >= 11 is 0. The molecule has 168 valence electrons. The molecule has 4 rings (SSSR count). The second kappa shape index (κ2) is 9.08. The van der Waals surface area contributed by atoms with E-state index in [9.17, 15) is 13.2 Å². The van der Waals surface area contributed by atoms with Crippen LogP contribution in [0.3, 0.4) is 0 Å². The number of nitrogens with zero attached hydrogens (tertiary/aromatic N) is 4. The van der Waals surface area contributed by atoms with E-state index >= 15 is 0 Å². The van der Waals surface area contributed by atoms with Gasteiger partial charge < -0.3 is 9.42 Å². The topological polar surface area (TPSA) is 96.6 Å². The molecule has 0 N–H and O–H groups in total. The Labute approximate surface area is 183 Å². The maximum absolute atomic E-state index is 13.6. The van der Waals surface area contributed by atoms with E-state index in [2.05, 4.69) is 10.1 Å². The van der Waals surface area contributed by atoms with Gasteiger partial charge in [0.2, 0.25) is 15.9 Å². The average Bonchev–Trinajstić information content (AvgIpc) is 2.98.